The number of hydrogen-bond donors (Lipinski definition) is 2. The van der Waals surface area contributed by atoms with Gasteiger partial charge in [0.2, 0.25) is 5.91 Å². The number of nitrogens with one attached hydrogen (secondary N) is 1. The van der Waals surface area contributed by atoms with Crippen LogP contribution in [0.3, 0.4) is 0 Å². The average Bonchev–Trinajstić information content (AvgIpc) is 2.48. The Balaban J connectivity index is 2.06. The summed E-state index contributed by atoms with van der Waals surface area (Å²) >= 11 is 5.85. The average molecular weight is 310 g/mol. The first-order chi connectivity index (χ1) is 10.1. The van der Waals surface area contributed by atoms with Crippen molar-refractivity contribution in [2.45, 2.75) is 44.6 Å². The zero-order valence-corrected chi connectivity index (χ0v) is 12.6. The molecule has 0 saturated heterocycles. The number of carbonyl (C=O) groups excluding carboxylic acids is 1. The molecule has 1 aliphatic carbocycles. The highest BCUT2D eigenvalue weighted by Crippen LogP contribution is 2.26. The molecule has 4 nitrogen and oxygen atoms in total. The molecule has 5 heteroatoms. The molecule has 2 rings (SSSR count). The van der Waals surface area contributed by atoms with Gasteiger partial charge in [-0.15, -0.1) is 0 Å². The van der Waals surface area contributed by atoms with E-state index in [2.05, 4.69) is 5.32 Å². The van der Waals surface area contributed by atoms with Gasteiger partial charge in [-0.3, -0.25) is 9.59 Å². The van der Waals surface area contributed by atoms with Crippen LogP contribution in [0.2, 0.25) is 5.02 Å². The van der Waals surface area contributed by atoms with Gasteiger partial charge < -0.3 is 10.4 Å². The highest BCUT2D eigenvalue weighted by molar-refractivity contribution is 6.30. The lowest BCUT2D eigenvalue weighted by Crippen LogP contribution is -2.35. The number of hydrogen-bond acceptors (Lipinski definition) is 2. The molecule has 1 aromatic carbocycles. The van der Waals surface area contributed by atoms with Crippen LogP contribution in [0.4, 0.5) is 0 Å². The van der Waals surface area contributed by atoms with Gasteiger partial charge in [0.05, 0.1) is 12.5 Å². The van der Waals surface area contributed by atoms with Gasteiger partial charge in [-0.25, -0.2) is 0 Å². The topological polar surface area (TPSA) is 66.4 Å². The van der Waals surface area contributed by atoms with Crippen molar-refractivity contribution >= 4 is 23.5 Å². The minimum atomic E-state index is -0.932. The van der Waals surface area contributed by atoms with E-state index >= 15 is 0 Å². The molecule has 114 valence electrons. The predicted octanol–water partition coefficient (Wildman–Crippen LogP) is 3.55. The smallest absolute Gasteiger partial charge is 0.305 e. The third kappa shape index (κ3) is 4.74. The summed E-state index contributed by atoms with van der Waals surface area (Å²) in [5.74, 6) is -0.947. The fourth-order valence-corrected chi connectivity index (χ4v) is 2.90. The number of halogens is 1. The first-order valence-corrected chi connectivity index (χ1v) is 7.71. The summed E-state index contributed by atoms with van der Waals surface area (Å²) in [6.07, 6.45) is 4.99. The van der Waals surface area contributed by atoms with Gasteiger partial charge in [0.15, 0.2) is 0 Å². The van der Waals surface area contributed by atoms with Crippen LogP contribution in [0.1, 0.15) is 50.1 Å². The normalized spacial score (nSPS) is 17.2. The van der Waals surface area contributed by atoms with Crippen LogP contribution in [0.25, 0.3) is 0 Å². The fourth-order valence-electron chi connectivity index (χ4n) is 2.78. The lowest BCUT2D eigenvalue weighted by atomic mass is 9.88. The Morgan fingerprint density at radius 1 is 1.19 bits per heavy atom. The Bertz CT molecular complexity index is 495. The zero-order valence-electron chi connectivity index (χ0n) is 11.8. The van der Waals surface area contributed by atoms with Crippen molar-refractivity contribution in [3.05, 3.63) is 34.9 Å². The molecule has 1 saturated carbocycles. The van der Waals surface area contributed by atoms with Gasteiger partial charge in [-0.1, -0.05) is 43.0 Å². The molecule has 1 amide bonds. The minimum absolute atomic E-state index is 0.0161. The summed E-state index contributed by atoms with van der Waals surface area (Å²) in [5.41, 5.74) is 0.769. The third-order valence-electron chi connectivity index (χ3n) is 3.94. The highest BCUT2D eigenvalue weighted by Gasteiger charge is 2.25. The molecule has 0 radical (unpaired) electrons. The van der Waals surface area contributed by atoms with Crippen LogP contribution in [0.15, 0.2) is 24.3 Å². The Morgan fingerprint density at radius 3 is 2.38 bits per heavy atom. The van der Waals surface area contributed by atoms with Crippen LogP contribution in [-0.4, -0.2) is 17.0 Å². The molecule has 21 heavy (non-hydrogen) atoms. The largest absolute Gasteiger partial charge is 0.481 e. The number of carboxylic acid groups (broad SMARTS) is 1. The molecule has 1 aromatic rings. The standard InChI is InChI=1S/C16H20ClNO3/c17-13-8-6-11(7-9-13)14(10-15(19)20)18-16(21)12-4-2-1-3-5-12/h6-9,12,14H,1-5,10H2,(H,18,21)(H,19,20). The number of benzene rings is 1. The van der Waals surface area contributed by atoms with Crippen molar-refractivity contribution in [2.75, 3.05) is 0 Å². The number of amides is 1. The van der Waals surface area contributed by atoms with E-state index in [1.807, 2.05) is 0 Å². The maximum Gasteiger partial charge on any atom is 0.305 e. The van der Waals surface area contributed by atoms with Crippen LogP contribution in [0.5, 0.6) is 0 Å². The molecule has 1 aliphatic rings. The molecule has 1 atom stereocenters. The SMILES string of the molecule is O=C(O)CC(NC(=O)C1CCCCC1)c1ccc(Cl)cc1. The van der Waals surface area contributed by atoms with Crippen molar-refractivity contribution in [1.29, 1.82) is 0 Å². The van der Waals surface area contributed by atoms with E-state index in [9.17, 15) is 9.59 Å². The number of carbonyl (C=O) groups is 2. The molecular formula is C16H20ClNO3. The van der Waals surface area contributed by atoms with E-state index < -0.39 is 12.0 Å². The Hall–Kier alpha value is -1.55. The predicted molar refractivity (Wildman–Crippen MR) is 81.2 cm³/mol. The summed E-state index contributed by atoms with van der Waals surface area (Å²) < 4.78 is 0. The summed E-state index contributed by atoms with van der Waals surface area (Å²) in [5, 5.41) is 12.5. The molecule has 2 N–H and O–H groups in total. The van der Waals surface area contributed by atoms with Crippen LogP contribution in [0, 0.1) is 5.92 Å². The fraction of sp³-hybridized carbons (Fsp3) is 0.500. The van der Waals surface area contributed by atoms with Gasteiger partial charge in [-0.05, 0) is 30.5 Å². The molecule has 0 bridgehead atoms. The summed E-state index contributed by atoms with van der Waals surface area (Å²) in [6.45, 7) is 0. The van der Waals surface area contributed by atoms with Gasteiger partial charge in [0.1, 0.15) is 0 Å². The third-order valence-corrected chi connectivity index (χ3v) is 4.20. The molecular weight excluding hydrogens is 290 g/mol. The zero-order chi connectivity index (χ0) is 15.2. The van der Waals surface area contributed by atoms with Crippen LogP contribution in [-0.2, 0) is 9.59 Å². The molecule has 1 unspecified atom stereocenters. The van der Waals surface area contributed by atoms with Crippen molar-refractivity contribution in [3.8, 4) is 0 Å². The van der Waals surface area contributed by atoms with E-state index in [0.29, 0.717) is 5.02 Å². The first kappa shape index (κ1) is 15.8. The van der Waals surface area contributed by atoms with E-state index in [1.165, 1.54) is 6.42 Å². The second kappa shape index (κ2) is 7.46. The van der Waals surface area contributed by atoms with E-state index in [4.69, 9.17) is 16.7 Å². The van der Waals surface area contributed by atoms with E-state index in [1.54, 1.807) is 24.3 Å². The van der Waals surface area contributed by atoms with Gasteiger partial charge in [0.25, 0.3) is 0 Å². The van der Waals surface area contributed by atoms with Crippen molar-refractivity contribution in [3.63, 3.8) is 0 Å². The van der Waals surface area contributed by atoms with Gasteiger partial charge >= 0.3 is 5.97 Å². The number of rotatable bonds is 5. The van der Waals surface area contributed by atoms with Gasteiger partial charge in [-0.2, -0.15) is 0 Å². The molecule has 1 fully saturated rings. The second-order valence-electron chi connectivity index (χ2n) is 5.55. The summed E-state index contributed by atoms with van der Waals surface area (Å²) in [4.78, 5) is 23.3. The maximum absolute atomic E-state index is 12.3. The molecule has 0 aliphatic heterocycles. The van der Waals surface area contributed by atoms with Crippen molar-refractivity contribution in [2.24, 2.45) is 5.92 Å². The quantitative estimate of drug-likeness (QED) is 0.874. The van der Waals surface area contributed by atoms with Crippen LogP contribution >= 0.6 is 11.6 Å². The molecule has 0 spiro atoms. The second-order valence-corrected chi connectivity index (χ2v) is 5.98. The lowest BCUT2D eigenvalue weighted by molar-refractivity contribution is -0.138. The Kier molecular flexibility index (Phi) is 5.62. The van der Waals surface area contributed by atoms with E-state index in [-0.39, 0.29) is 18.2 Å². The Morgan fingerprint density at radius 2 is 1.81 bits per heavy atom. The van der Waals surface area contributed by atoms with E-state index in [0.717, 1.165) is 31.2 Å². The van der Waals surface area contributed by atoms with Crippen LogP contribution < -0.4 is 5.32 Å². The summed E-state index contributed by atoms with van der Waals surface area (Å²) in [7, 11) is 0. The Labute approximate surface area is 129 Å². The van der Waals surface area contributed by atoms with Crippen molar-refractivity contribution < 1.29 is 14.7 Å². The highest BCUT2D eigenvalue weighted by atomic mass is 35.5. The lowest BCUT2D eigenvalue weighted by Gasteiger charge is -2.24. The monoisotopic (exact) mass is 309 g/mol. The first-order valence-electron chi connectivity index (χ1n) is 7.34. The van der Waals surface area contributed by atoms with Gasteiger partial charge in [0, 0.05) is 10.9 Å². The van der Waals surface area contributed by atoms with Crippen molar-refractivity contribution in [1.82, 2.24) is 5.32 Å². The molecule has 0 heterocycles. The summed E-state index contributed by atoms with van der Waals surface area (Å²) in [6, 6.07) is 6.43. The minimum Gasteiger partial charge on any atom is -0.481 e. The number of aliphatic carboxylic acids is 1. The molecule has 0 aromatic heterocycles. The number of carboxylic acids is 1. The maximum atomic E-state index is 12.3.